The van der Waals surface area contributed by atoms with Gasteiger partial charge < -0.3 is 15.4 Å². The van der Waals surface area contributed by atoms with Crippen molar-refractivity contribution in [2.45, 2.75) is 6.42 Å². The van der Waals surface area contributed by atoms with Crippen molar-refractivity contribution in [3.8, 4) is 5.75 Å². The molecule has 0 saturated heterocycles. The van der Waals surface area contributed by atoms with E-state index in [4.69, 9.17) is 10.5 Å². The molecule has 1 heterocycles. The van der Waals surface area contributed by atoms with Gasteiger partial charge in [-0.05, 0) is 24.3 Å². The van der Waals surface area contributed by atoms with E-state index in [1.165, 1.54) is 0 Å². The van der Waals surface area contributed by atoms with Crippen molar-refractivity contribution in [3.05, 3.63) is 48.3 Å². The second-order valence-corrected chi connectivity index (χ2v) is 4.42. The van der Waals surface area contributed by atoms with E-state index in [1.54, 1.807) is 7.11 Å². The number of nitrogens with two attached hydrogens (primary N) is 1. The number of ether oxygens (including phenoxy) is 1. The first kappa shape index (κ1) is 13.2. The van der Waals surface area contributed by atoms with E-state index in [9.17, 15) is 0 Å². The lowest BCUT2D eigenvalue weighted by Crippen LogP contribution is -2.21. The van der Waals surface area contributed by atoms with Gasteiger partial charge in [0.15, 0.2) is 0 Å². The SMILES string of the molecule is COc1ccc(N(C)CCc2ccccn2)c(N)c1. The molecule has 0 bridgehead atoms. The molecule has 0 aliphatic rings. The van der Waals surface area contributed by atoms with Crippen molar-refractivity contribution >= 4 is 11.4 Å². The third kappa shape index (κ3) is 3.37. The molecular formula is C15H19N3O. The van der Waals surface area contributed by atoms with E-state index in [0.717, 1.165) is 35.8 Å². The molecular weight excluding hydrogens is 238 g/mol. The summed E-state index contributed by atoms with van der Waals surface area (Å²) < 4.78 is 5.15. The Bertz CT molecular complexity index is 528. The Morgan fingerprint density at radius 3 is 2.74 bits per heavy atom. The van der Waals surface area contributed by atoms with Crippen molar-refractivity contribution in [2.24, 2.45) is 0 Å². The van der Waals surface area contributed by atoms with Gasteiger partial charge in [-0.25, -0.2) is 0 Å². The molecule has 0 saturated carbocycles. The van der Waals surface area contributed by atoms with Gasteiger partial charge in [0.1, 0.15) is 5.75 Å². The Morgan fingerprint density at radius 1 is 1.26 bits per heavy atom. The Balaban J connectivity index is 2.02. The molecule has 0 unspecified atom stereocenters. The normalized spacial score (nSPS) is 10.2. The monoisotopic (exact) mass is 257 g/mol. The summed E-state index contributed by atoms with van der Waals surface area (Å²) in [5.41, 5.74) is 8.85. The van der Waals surface area contributed by atoms with Crippen LogP contribution in [0.3, 0.4) is 0 Å². The number of nitrogen functional groups attached to an aromatic ring is 1. The number of benzene rings is 1. The average molecular weight is 257 g/mol. The summed E-state index contributed by atoms with van der Waals surface area (Å²) >= 11 is 0. The highest BCUT2D eigenvalue weighted by atomic mass is 16.5. The van der Waals surface area contributed by atoms with Crippen molar-refractivity contribution in [3.63, 3.8) is 0 Å². The zero-order valence-electron chi connectivity index (χ0n) is 11.3. The molecule has 1 aromatic carbocycles. The van der Waals surface area contributed by atoms with Crippen LogP contribution in [0, 0.1) is 0 Å². The molecule has 0 atom stereocenters. The van der Waals surface area contributed by atoms with E-state index in [-0.39, 0.29) is 0 Å². The molecule has 0 radical (unpaired) electrons. The van der Waals surface area contributed by atoms with Crippen LogP contribution in [0.1, 0.15) is 5.69 Å². The van der Waals surface area contributed by atoms with E-state index in [2.05, 4.69) is 9.88 Å². The maximum absolute atomic E-state index is 6.03. The molecule has 19 heavy (non-hydrogen) atoms. The smallest absolute Gasteiger partial charge is 0.121 e. The van der Waals surface area contributed by atoms with Gasteiger partial charge in [0, 0.05) is 38.0 Å². The maximum Gasteiger partial charge on any atom is 0.121 e. The molecule has 2 N–H and O–H groups in total. The predicted molar refractivity (Wildman–Crippen MR) is 78.6 cm³/mol. The second kappa shape index (κ2) is 6.09. The van der Waals surface area contributed by atoms with Crippen molar-refractivity contribution in [2.75, 3.05) is 31.3 Å². The first-order valence-electron chi connectivity index (χ1n) is 6.25. The van der Waals surface area contributed by atoms with Gasteiger partial charge in [0.25, 0.3) is 0 Å². The molecule has 1 aromatic heterocycles. The van der Waals surface area contributed by atoms with Crippen LogP contribution in [0.15, 0.2) is 42.6 Å². The minimum atomic E-state index is 0.725. The van der Waals surface area contributed by atoms with Gasteiger partial charge in [-0.3, -0.25) is 4.98 Å². The Labute approximate surface area is 113 Å². The molecule has 0 fully saturated rings. The summed E-state index contributed by atoms with van der Waals surface area (Å²) in [5, 5.41) is 0. The number of rotatable bonds is 5. The number of likely N-dealkylation sites (N-methyl/N-ethyl adjacent to an activating group) is 1. The summed E-state index contributed by atoms with van der Waals surface area (Å²) in [5.74, 6) is 0.777. The Kier molecular flexibility index (Phi) is 4.23. The standard InChI is InChI=1S/C15H19N3O/c1-18(10-8-12-5-3-4-9-17-12)15-7-6-13(19-2)11-14(15)16/h3-7,9,11H,8,10,16H2,1-2H3. The summed E-state index contributed by atoms with van der Waals surface area (Å²) in [7, 11) is 3.67. The molecule has 0 amide bonds. The number of pyridine rings is 1. The van der Waals surface area contributed by atoms with Gasteiger partial charge in [-0.15, -0.1) is 0 Å². The number of aromatic nitrogens is 1. The predicted octanol–water partition coefficient (Wildman–Crippen LogP) is 2.35. The highest BCUT2D eigenvalue weighted by Gasteiger charge is 2.06. The van der Waals surface area contributed by atoms with Crippen molar-refractivity contribution < 1.29 is 4.74 Å². The fourth-order valence-corrected chi connectivity index (χ4v) is 1.96. The van der Waals surface area contributed by atoms with Gasteiger partial charge in [-0.2, -0.15) is 0 Å². The summed E-state index contributed by atoms with van der Waals surface area (Å²) in [6.45, 7) is 0.869. The number of nitrogens with zero attached hydrogens (tertiary/aromatic N) is 2. The lowest BCUT2D eigenvalue weighted by molar-refractivity contribution is 0.415. The molecule has 0 spiro atoms. The molecule has 100 valence electrons. The first-order valence-corrected chi connectivity index (χ1v) is 6.25. The number of methoxy groups -OCH3 is 1. The van der Waals surface area contributed by atoms with Crippen LogP contribution in [-0.2, 0) is 6.42 Å². The van der Waals surface area contributed by atoms with Gasteiger partial charge in [-0.1, -0.05) is 6.07 Å². The van der Waals surface area contributed by atoms with Crippen molar-refractivity contribution in [1.82, 2.24) is 4.98 Å². The van der Waals surface area contributed by atoms with Crippen LogP contribution in [0.2, 0.25) is 0 Å². The number of hydrogen-bond donors (Lipinski definition) is 1. The molecule has 2 rings (SSSR count). The van der Waals surface area contributed by atoms with Gasteiger partial charge >= 0.3 is 0 Å². The summed E-state index contributed by atoms with van der Waals surface area (Å²) in [4.78, 5) is 6.44. The molecule has 4 heteroatoms. The highest BCUT2D eigenvalue weighted by molar-refractivity contribution is 5.69. The summed E-state index contributed by atoms with van der Waals surface area (Å²) in [6.07, 6.45) is 2.71. The zero-order valence-corrected chi connectivity index (χ0v) is 11.3. The van der Waals surface area contributed by atoms with E-state index < -0.39 is 0 Å². The molecule has 4 nitrogen and oxygen atoms in total. The average Bonchev–Trinajstić information content (AvgIpc) is 2.45. The first-order chi connectivity index (χ1) is 9.20. The van der Waals surface area contributed by atoms with Crippen LogP contribution >= 0.6 is 0 Å². The number of hydrogen-bond acceptors (Lipinski definition) is 4. The van der Waals surface area contributed by atoms with Gasteiger partial charge in [0.05, 0.1) is 18.5 Å². The van der Waals surface area contributed by atoms with Crippen LogP contribution in [0.4, 0.5) is 11.4 Å². The second-order valence-electron chi connectivity index (χ2n) is 4.42. The van der Waals surface area contributed by atoms with E-state index in [1.807, 2.05) is 49.6 Å². The van der Waals surface area contributed by atoms with Crippen LogP contribution in [0.25, 0.3) is 0 Å². The minimum absolute atomic E-state index is 0.725. The highest BCUT2D eigenvalue weighted by Crippen LogP contribution is 2.26. The third-order valence-corrected chi connectivity index (χ3v) is 3.08. The fourth-order valence-electron chi connectivity index (χ4n) is 1.96. The molecule has 0 aliphatic carbocycles. The largest absolute Gasteiger partial charge is 0.497 e. The van der Waals surface area contributed by atoms with Crippen LogP contribution < -0.4 is 15.4 Å². The lowest BCUT2D eigenvalue weighted by Gasteiger charge is -2.21. The Morgan fingerprint density at radius 2 is 2.11 bits per heavy atom. The third-order valence-electron chi connectivity index (χ3n) is 3.08. The van der Waals surface area contributed by atoms with Crippen molar-refractivity contribution in [1.29, 1.82) is 0 Å². The van der Waals surface area contributed by atoms with Gasteiger partial charge in [0.2, 0.25) is 0 Å². The zero-order chi connectivity index (χ0) is 13.7. The summed E-state index contributed by atoms with van der Waals surface area (Å²) in [6, 6.07) is 11.7. The quantitative estimate of drug-likeness (QED) is 0.835. The van der Waals surface area contributed by atoms with E-state index in [0.29, 0.717) is 0 Å². The maximum atomic E-state index is 6.03. The lowest BCUT2D eigenvalue weighted by atomic mass is 10.2. The fraction of sp³-hybridized carbons (Fsp3) is 0.267. The van der Waals surface area contributed by atoms with Crippen LogP contribution in [0.5, 0.6) is 5.75 Å². The van der Waals surface area contributed by atoms with E-state index >= 15 is 0 Å². The molecule has 2 aromatic rings. The molecule has 0 aliphatic heterocycles. The number of anilines is 2. The Hall–Kier alpha value is -2.23. The topological polar surface area (TPSA) is 51.4 Å². The minimum Gasteiger partial charge on any atom is -0.497 e. The van der Waals surface area contributed by atoms with Crippen LogP contribution in [-0.4, -0.2) is 25.7 Å².